The topological polar surface area (TPSA) is 91.2 Å². The highest BCUT2D eigenvalue weighted by Crippen LogP contribution is 2.31. The molecule has 0 unspecified atom stereocenters. The number of amides is 1. The van der Waals surface area contributed by atoms with Crippen molar-refractivity contribution in [1.29, 1.82) is 0 Å². The standard InChI is InChI=1S/C11H11N3O3/c1-6-7-4-3-5-8(14(16)17)10(7)13(2)9(6)11(12)15/h3-5H,1-2H3,(H2,12,15). The van der Waals surface area contributed by atoms with Gasteiger partial charge in [-0.3, -0.25) is 14.9 Å². The molecule has 17 heavy (non-hydrogen) atoms. The highest BCUT2D eigenvalue weighted by atomic mass is 16.6. The van der Waals surface area contributed by atoms with Gasteiger partial charge in [0.05, 0.1) is 4.92 Å². The summed E-state index contributed by atoms with van der Waals surface area (Å²) in [5.74, 6) is -0.588. The first-order valence-corrected chi connectivity index (χ1v) is 4.97. The second kappa shape index (κ2) is 3.58. The molecule has 6 nitrogen and oxygen atoms in total. The zero-order valence-corrected chi connectivity index (χ0v) is 9.43. The van der Waals surface area contributed by atoms with Gasteiger partial charge in [0.15, 0.2) is 0 Å². The molecule has 0 radical (unpaired) electrons. The van der Waals surface area contributed by atoms with E-state index in [1.807, 2.05) is 0 Å². The van der Waals surface area contributed by atoms with Crippen molar-refractivity contribution in [1.82, 2.24) is 4.57 Å². The van der Waals surface area contributed by atoms with Crippen molar-refractivity contribution in [3.8, 4) is 0 Å². The minimum Gasteiger partial charge on any atom is -0.364 e. The summed E-state index contributed by atoms with van der Waals surface area (Å²) in [4.78, 5) is 21.8. The molecule has 1 amide bonds. The van der Waals surface area contributed by atoms with E-state index in [1.54, 1.807) is 26.1 Å². The summed E-state index contributed by atoms with van der Waals surface area (Å²) >= 11 is 0. The molecule has 1 aromatic heterocycles. The first kappa shape index (κ1) is 11.1. The van der Waals surface area contributed by atoms with E-state index in [1.165, 1.54) is 10.6 Å². The zero-order valence-electron chi connectivity index (χ0n) is 9.43. The molecule has 2 rings (SSSR count). The quantitative estimate of drug-likeness (QED) is 0.629. The zero-order chi connectivity index (χ0) is 12.7. The average molecular weight is 233 g/mol. The van der Waals surface area contributed by atoms with E-state index >= 15 is 0 Å². The Labute approximate surface area is 96.8 Å². The number of carbonyl (C=O) groups is 1. The lowest BCUT2D eigenvalue weighted by Crippen LogP contribution is -2.16. The van der Waals surface area contributed by atoms with E-state index in [4.69, 9.17) is 5.73 Å². The first-order valence-electron chi connectivity index (χ1n) is 4.97. The van der Waals surface area contributed by atoms with Gasteiger partial charge in [-0.15, -0.1) is 0 Å². The molecule has 0 saturated carbocycles. The molecule has 0 spiro atoms. The van der Waals surface area contributed by atoms with Gasteiger partial charge in [-0.1, -0.05) is 12.1 Å². The van der Waals surface area contributed by atoms with Gasteiger partial charge >= 0.3 is 0 Å². The van der Waals surface area contributed by atoms with Crippen LogP contribution >= 0.6 is 0 Å². The number of nitro benzene ring substituents is 1. The van der Waals surface area contributed by atoms with Crippen molar-refractivity contribution in [2.24, 2.45) is 12.8 Å². The van der Waals surface area contributed by atoms with Crippen LogP contribution in [0.25, 0.3) is 10.9 Å². The van der Waals surface area contributed by atoms with Gasteiger partial charge in [0.25, 0.3) is 11.6 Å². The van der Waals surface area contributed by atoms with Gasteiger partial charge < -0.3 is 10.3 Å². The third-order valence-electron chi connectivity index (χ3n) is 2.87. The molecule has 0 aliphatic heterocycles. The maximum Gasteiger partial charge on any atom is 0.293 e. The number of fused-ring (bicyclic) bond motifs is 1. The SMILES string of the molecule is Cc1c(C(N)=O)n(C)c2c([N+](=O)[O-])cccc12. The third-order valence-corrected chi connectivity index (χ3v) is 2.87. The van der Waals surface area contributed by atoms with Crippen LogP contribution in [-0.2, 0) is 7.05 Å². The highest BCUT2D eigenvalue weighted by molar-refractivity contribution is 6.03. The van der Waals surface area contributed by atoms with Crippen LogP contribution in [0.4, 0.5) is 5.69 Å². The second-order valence-corrected chi connectivity index (χ2v) is 3.83. The van der Waals surface area contributed by atoms with E-state index in [0.717, 1.165) is 0 Å². The molecule has 1 heterocycles. The minimum absolute atomic E-state index is 0.0272. The van der Waals surface area contributed by atoms with E-state index < -0.39 is 10.8 Å². The summed E-state index contributed by atoms with van der Waals surface area (Å²) in [7, 11) is 1.60. The molecule has 0 saturated heterocycles. The summed E-state index contributed by atoms with van der Waals surface area (Å²) in [5.41, 5.74) is 6.63. The molecule has 1 aromatic carbocycles. The van der Waals surface area contributed by atoms with Crippen molar-refractivity contribution in [2.75, 3.05) is 0 Å². The number of rotatable bonds is 2. The molecule has 0 bridgehead atoms. The van der Waals surface area contributed by atoms with Crippen LogP contribution in [0.5, 0.6) is 0 Å². The van der Waals surface area contributed by atoms with Crippen LogP contribution in [0.1, 0.15) is 16.1 Å². The number of hydrogen-bond acceptors (Lipinski definition) is 3. The molecule has 0 atom stereocenters. The van der Waals surface area contributed by atoms with Gasteiger partial charge in [-0.05, 0) is 12.5 Å². The second-order valence-electron chi connectivity index (χ2n) is 3.83. The van der Waals surface area contributed by atoms with Gasteiger partial charge in [-0.25, -0.2) is 0 Å². The number of nitro groups is 1. The Hall–Kier alpha value is -2.37. The van der Waals surface area contributed by atoms with Crippen LogP contribution < -0.4 is 5.73 Å². The minimum atomic E-state index is -0.588. The smallest absolute Gasteiger partial charge is 0.293 e. The van der Waals surface area contributed by atoms with E-state index in [0.29, 0.717) is 22.2 Å². The molecular formula is C11H11N3O3. The van der Waals surface area contributed by atoms with Crippen molar-refractivity contribution < 1.29 is 9.72 Å². The van der Waals surface area contributed by atoms with Gasteiger partial charge in [0, 0.05) is 18.5 Å². The molecular weight excluding hydrogens is 222 g/mol. The van der Waals surface area contributed by atoms with Crippen molar-refractivity contribution in [3.63, 3.8) is 0 Å². The van der Waals surface area contributed by atoms with Gasteiger partial charge in [0.1, 0.15) is 11.2 Å². The predicted octanol–water partition coefficient (Wildman–Crippen LogP) is 1.49. The van der Waals surface area contributed by atoms with E-state index in [-0.39, 0.29) is 5.69 Å². The maximum absolute atomic E-state index is 11.3. The van der Waals surface area contributed by atoms with Crippen molar-refractivity contribution in [3.05, 3.63) is 39.6 Å². The number of nitrogens with two attached hydrogens (primary N) is 1. The number of primary amides is 1. The summed E-state index contributed by atoms with van der Waals surface area (Å²) in [5, 5.41) is 11.6. The molecule has 2 aromatic rings. The lowest BCUT2D eigenvalue weighted by atomic mass is 10.1. The van der Waals surface area contributed by atoms with Crippen LogP contribution in [0.15, 0.2) is 18.2 Å². The summed E-state index contributed by atoms with van der Waals surface area (Å²) in [6.07, 6.45) is 0. The lowest BCUT2D eigenvalue weighted by molar-refractivity contribution is -0.383. The Morgan fingerprint density at radius 1 is 1.47 bits per heavy atom. The number of nitrogens with zero attached hydrogens (tertiary/aromatic N) is 2. The number of para-hydroxylation sites is 1. The highest BCUT2D eigenvalue weighted by Gasteiger charge is 2.22. The Morgan fingerprint density at radius 2 is 2.12 bits per heavy atom. The van der Waals surface area contributed by atoms with Gasteiger partial charge in [-0.2, -0.15) is 0 Å². The number of carbonyl (C=O) groups excluding carboxylic acids is 1. The summed E-state index contributed by atoms with van der Waals surface area (Å²) in [6, 6.07) is 4.74. The fraction of sp³-hybridized carbons (Fsp3) is 0.182. The summed E-state index contributed by atoms with van der Waals surface area (Å²) < 4.78 is 1.48. The monoisotopic (exact) mass is 233 g/mol. The number of hydrogen-bond donors (Lipinski definition) is 1. The summed E-state index contributed by atoms with van der Waals surface area (Å²) in [6.45, 7) is 1.73. The van der Waals surface area contributed by atoms with Crippen molar-refractivity contribution in [2.45, 2.75) is 6.92 Å². The molecule has 0 aliphatic rings. The van der Waals surface area contributed by atoms with Gasteiger partial charge in [0.2, 0.25) is 0 Å². The number of non-ortho nitro benzene ring substituents is 1. The molecule has 6 heteroatoms. The Bertz CT molecular complexity index is 643. The Morgan fingerprint density at radius 3 is 2.65 bits per heavy atom. The fourth-order valence-corrected chi connectivity index (χ4v) is 2.17. The lowest BCUT2D eigenvalue weighted by Gasteiger charge is -2.00. The maximum atomic E-state index is 11.3. The van der Waals surface area contributed by atoms with Crippen LogP contribution in [-0.4, -0.2) is 15.4 Å². The molecule has 0 fully saturated rings. The largest absolute Gasteiger partial charge is 0.364 e. The molecule has 0 aliphatic carbocycles. The molecule has 88 valence electrons. The number of benzene rings is 1. The van der Waals surface area contributed by atoms with Crippen LogP contribution in [0, 0.1) is 17.0 Å². The van der Waals surface area contributed by atoms with E-state index in [2.05, 4.69) is 0 Å². The van der Waals surface area contributed by atoms with Crippen molar-refractivity contribution >= 4 is 22.5 Å². The Kier molecular flexibility index (Phi) is 2.35. The fourth-order valence-electron chi connectivity index (χ4n) is 2.17. The first-order chi connectivity index (χ1) is 7.95. The third kappa shape index (κ3) is 1.45. The Balaban J connectivity index is 2.98. The number of aryl methyl sites for hydroxylation is 2. The molecule has 2 N–H and O–H groups in total. The van der Waals surface area contributed by atoms with Crippen LogP contribution in [0.2, 0.25) is 0 Å². The number of aromatic nitrogens is 1. The average Bonchev–Trinajstić information content (AvgIpc) is 2.51. The normalized spacial score (nSPS) is 10.7. The van der Waals surface area contributed by atoms with E-state index in [9.17, 15) is 14.9 Å². The van der Waals surface area contributed by atoms with Crippen LogP contribution in [0.3, 0.4) is 0 Å². The predicted molar refractivity (Wildman–Crippen MR) is 62.8 cm³/mol.